The maximum Gasteiger partial charge on any atom is 0.274 e. The van der Waals surface area contributed by atoms with Crippen molar-refractivity contribution in [2.45, 2.75) is 52.1 Å². The van der Waals surface area contributed by atoms with Gasteiger partial charge in [0.25, 0.3) is 11.8 Å². The van der Waals surface area contributed by atoms with Crippen molar-refractivity contribution in [3.8, 4) is 17.0 Å². The van der Waals surface area contributed by atoms with E-state index in [1.54, 1.807) is 16.9 Å². The Morgan fingerprint density at radius 1 is 1.03 bits per heavy atom. The van der Waals surface area contributed by atoms with E-state index < -0.39 is 0 Å². The van der Waals surface area contributed by atoms with Crippen LogP contribution in [0.15, 0.2) is 60.8 Å². The highest BCUT2D eigenvalue weighted by atomic mass is 16.5. The van der Waals surface area contributed by atoms with Crippen LogP contribution < -0.4 is 15.4 Å². The van der Waals surface area contributed by atoms with Crippen molar-refractivity contribution in [3.05, 3.63) is 72.1 Å². The number of para-hydroxylation sites is 1. The van der Waals surface area contributed by atoms with Crippen LogP contribution in [0.25, 0.3) is 22.2 Å². The third-order valence-electron chi connectivity index (χ3n) is 6.66. The number of hydrogen-bond acceptors (Lipinski definition) is 5. The Bertz CT molecular complexity index is 1420. The molecule has 190 valence electrons. The number of benzene rings is 2. The molecule has 0 bridgehead atoms. The Kier molecular flexibility index (Phi) is 7.16. The van der Waals surface area contributed by atoms with Gasteiger partial charge >= 0.3 is 0 Å². The summed E-state index contributed by atoms with van der Waals surface area (Å²) in [5.74, 6) is 0.196. The smallest absolute Gasteiger partial charge is 0.274 e. The maximum absolute atomic E-state index is 13.6. The fraction of sp³-hybridized carbons (Fsp3) is 0.310. The van der Waals surface area contributed by atoms with E-state index in [4.69, 9.17) is 9.72 Å². The minimum absolute atomic E-state index is 0.156. The molecule has 2 N–H and O–H groups in total. The van der Waals surface area contributed by atoms with Crippen LogP contribution in [0.4, 0.5) is 5.69 Å². The Hall–Kier alpha value is -4.20. The van der Waals surface area contributed by atoms with E-state index >= 15 is 0 Å². The Morgan fingerprint density at radius 2 is 1.78 bits per heavy atom. The van der Waals surface area contributed by atoms with Crippen molar-refractivity contribution >= 4 is 28.4 Å². The molecule has 2 amide bonds. The molecule has 1 aliphatic carbocycles. The average Bonchev–Trinajstić information content (AvgIpc) is 3.58. The van der Waals surface area contributed by atoms with Crippen LogP contribution in [0, 0.1) is 0 Å². The summed E-state index contributed by atoms with van der Waals surface area (Å²) < 4.78 is 7.22. The van der Waals surface area contributed by atoms with Crippen molar-refractivity contribution in [2.24, 2.45) is 0 Å². The number of carbonyl (C=O) groups is 2. The molecule has 0 atom stereocenters. The zero-order valence-corrected chi connectivity index (χ0v) is 21.2. The van der Waals surface area contributed by atoms with Gasteiger partial charge in [0.15, 0.2) is 5.69 Å². The number of rotatable bonds is 8. The number of nitrogens with one attached hydrogen (secondary N) is 2. The fourth-order valence-electron chi connectivity index (χ4n) is 4.76. The predicted molar refractivity (Wildman–Crippen MR) is 144 cm³/mol. The zero-order chi connectivity index (χ0) is 25.8. The van der Waals surface area contributed by atoms with E-state index in [-0.39, 0.29) is 23.6 Å². The van der Waals surface area contributed by atoms with Crippen molar-refractivity contribution in [1.29, 1.82) is 0 Å². The van der Waals surface area contributed by atoms with Crippen molar-refractivity contribution < 1.29 is 14.3 Å². The number of nitrogens with zero attached hydrogens (tertiary/aromatic N) is 3. The van der Waals surface area contributed by atoms with Gasteiger partial charge < -0.3 is 15.4 Å². The van der Waals surface area contributed by atoms with Crippen LogP contribution in [0.5, 0.6) is 5.75 Å². The molecule has 2 aromatic carbocycles. The second-order valence-electron chi connectivity index (χ2n) is 9.19. The fourth-order valence-corrected chi connectivity index (χ4v) is 4.76. The van der Waals surface area contributed by atoms with Gasteiger partial charge in [-0.25, -0.2) is 4.98 Å². The second kappa shape index (κ2) is 10.8. The quantitative estimate of drug-likeness (QED) is 0.338. The molecule has 0 saturated heterocycles. The maximum atomic E-state index is 13.6. The number of ether oxygens (including phenoxy) is 1. The average molecular weight is 498 g/mol. The number of aromatic nitrogens is 3. The molecule has 1 aliphatic rings. The summed E-state index contributed by atoms with van der Waals surface area (Å²) >= 11 is 0. The minimum atomic E-state index is -0.323. The van der Waals surface area contributed by atoms with E-state index in [0.29, 0.717) is 35.6 Å². The van der Waals surface area contributed by atoms with Gasteiger partial charge in [0.1, 0.15) is 5.75 Å². The molecule has 0 aliphatic heterocycles. The first-order valence-electron chi connectivity index (χ1n) is 12.9. The lowest BCUT2D eigenvalue weighted by Gasteiger charge is -2.13. The SMILES string of the molecule is CCOc1ccc(-c2cc(C(=O)Nc3cn(CC)nc3C(=O)NC3CCCC3)c3ccccc3n2)cc1. The number of aryl methyl sites for hydroxylation is 1. The third-order valence-corrected chi connectivity index (χ3v) is 6.66. The number of hydrogen-bond donors (Lipinski definition) is 2. The molecule has 0 spiro atoms. The highest BCUT2D eigenvalue weighted by molar-refractivity contribution is 6.14. The highest BCUT2D eigenvalue weighted by Crippen LogP contribution is 2.28. The Morgan fingerprint density at radius 3 is 2.51 bits per heavy atom. The Labute approximate surface area is 216 Å². The standard InChI is InChI=1S/C29H31N5O3/c1-3-34-18-26(27(33-34)29(36)30-20-9-5-6-10-20)32-28(35)23-17-25(31-24-12-8-7-11-22(23)24)19-13-15-21(16-14-19)37-4-2/h7-8,11-18,20H,3-6,9-10H2,1-2H3,(H,30,36)(H,32,35). The van der Waals surface area contributed by atoms with Crippen LogP contribution in [-0.4, -0.2) is 39.2 Å². The summed E-state index contributed by atoms with van der Waals surface area (Å²) in [6.45, 7) is 5.06. The van der Waals surface area contributed by atoms with E-state index in [2.05, 4.69) is 15.7 Å². The van der Waals surface area contributed by atoms with Crippen LogP contribution in [0.2, 0.25) is 0 Å². The zero-order valence-electron chi connectivity index (χ0n) is 21.2. The van der Waals surface area contributed by atoms with E-state index in [1.807, 2.05) is 62.4 Å². The van der Waals surface area contributed by atoms with Crippen LogP contribution in [-0.2, 0) is 6.54 Å². The van der Waals surface area contributed by atoms with Crippen molar-refractivity contribution in [1.82, 2.24) is 20.1 Å². The van der Waals surface area contributed by atoms with Gasteiger partial charge in [0, 0.05) is 29.7 Å². The van der Waals surface area contributed by atoms with Gasteiger partial charge in [-0.1, -0.05) is 31.0 Å². The molecule has 4 aromatic rings. The van der Waals surface area contributed by atoms with E-state index in [9.17, 15) is 9.59 Å². The van der Waals surface area contributed by atoms with Crippen LogP contribution >= 0.6 is 0 Å². The highest BCUT2D eigenvalue weighted by Gasteiger charge is 2.24. The monoisotopic (exact) mass is 497 g/mol. The van der Waals surface area contributed by atoms with E-state index in [1.165, 1.54) is 0 Å². The summed E-state index contributed by atoms with van der Waals surface area (Å²) in [6.07, 6.45) is 5.88. The molecule has 2 aromatic heterocycles. The first-order chi connectivity index (χ1) is 18.1. The molecular weight excluding hydrogens is 466 g/mol. The van der Waals surface area contributed by atoms with Gasteiger partial charge in [-0.05, 0) is 63.1 Å². The number of amides is 2. The summed E-state index contributed by atoms with van der Waals surface area (Å²) in [6, 6.07) is 17.1. The predicted octanol–water partition coefficient (Wildman–Crippen LogP) is 5.44. The molecule has 1 fully saturated rings. The molecule has 8 nitrogen and oxygen atoms in total. The van der Waals surface area contributed by atoms with Crippen LogP contribution in [0.3, 0.4) is 0 Å². The molecular formula is C29H31N5O3. The van der Waals surface area contributed by atoms with Gasteiger partial charge in [0.2, 0.25) is 0 Å². The second-order valence-corrected chi connectivity index (χ2v) is 9.19. The van der Waals surface area contributed by atoms with Gasteiger partial charge in [-0.3, -0.25) is 14.3 Å². The van der Waals surface area contributed by atoms with Gasteiger partial charge in [0.05, 0.1) is 29.1 Å². The summed E-state index contributed by atoms with van der Waals surface area (Å²) in [4.78, 5) is 31.5. The Balaban J connectivity index is 1.47. The number of carbonyl (C=O) groups excluding carboxylic acids is 2. The van der Waals surface area contributed by atoms with E-state index in [0.717, 1.165) is 42.4 Å². The molecule has 1 saturated carbocycles. The molecule has 0 unspecified atom stereocenters. The molecule has 37 heavy (non-hydrogen) atoms. The lowest BCUT2D eigenvalue weighted by Crippen LogP contribution is -2.33. The third kappa shape index (κ3) is 5.33. The first kappa shape index (κ1) is 24.5. The molecule has 0 radical (unpaired) electrons. The number of anilines is 1. The van der Waals surface area contributed by atoms with Crippen LogP contribution in [0.1, 0.15) is 60.4 Å². The lowest BCUT2D eigenvalue weighted by atomic mass is 10.0. The number of pyridine rings is 1. The summed E-state index contributed by atoms with van der Waals surface area (Å²) in [7, 11) is 0. The number of fused-ring (bicyclic) bond motifs is 1. The minimum Gasteiger partial charge on any atom is -0.494 e. The lowest BCUT2D eigenvalue weighted by molar-refractivity contribution is 0.0933. The van der Waals surface area contributed by atoms with Crippen molar-refractivity contribution in [2.75, 3.05) is 11.9 Å². The molecule has 8 heteroatoms. The largest absolute Gasteiger partial charge is 0.494 e. The molecule has 5 rings (SSSR count). The topological polar surface area (TPSA) is 98.1 Å². The summed E-state index contributed by atoms with van der Waals surface area (Å²) in [5, 5.41) is 11.2. The molecule has 2 heterocycles. The first-order valence-corrected chi connectivity index (χ1v) is 12.9. The van der Waals surface area contributed by atoms with Crippen molar-refractivity contribution in [3.63, 3.8) is 0 Å². The van der Waals surface area contributed by atoms with Gasteiger partial charge in [-0.2, -0.15) is 5.10 Å². The summed E-state index contributed by atoms with van der Waals surface area (Å²) in [5.41, 5.74) is 3.36. The normalized spacial score (nSPS) is 13.6. The van der Waals surface area contributed by atoms with Gasteiger partial charge in [-0.15, -0.1) is 0 Å².